The van der Waals surface area contributed by atoms with Crippen LogP contribution in [0.5, 0.6) is 0 Å². The topological polar surface area (TPSA) is 78.2 Å². The molecule has 18 heavy (non-hydrogen) atoms. The molecule has 3 N–H and O–H groups in total. The molecule has 2 rings (SSSR count). The zero-order chi connectivity index (χ0) is 13.1. The number of imidazole rings is 1. The number of benzene rings is 1. The molecule has 2 aromatic rings. The fourth-order valence-corrected chi connectivity index (χ4v) is 1.91. The number of nitrogens with zero attached hydrogens (tertiary/aromatic N) is 1. The van der Waals surface area contributed by atoms with E-state index in [1.807, 2.05) is 0 Å². The van der Waals surface area contributed by atoms with Crippen molar-refractivity contribution in [3.8, 4) is 0 Å². The summed E-state index contributed by atoms with van der Waals surface area (Å²) >= 11 is 5.11. The van der Waals surface area contributed by atoms with Crippen LogP contribution >= 0.6 is 12.2 Å². The number of carbonyl (C=O) groups is 1. The van der Waals surface area contributed by atoms with Crippen molar-refractivity contribution in [2.24, 2.45) is 0 Å². The molecular weight excluding hydrogens is 252 g/mol. The molecule has 0 saturated heterocycles. The van der Waals surface area contributed by atoms with Crippen LogP contribution in [0.4, 0.5) is 0 Å². The van der Waals surface area contributed by atoms with Crippen LogP contribution in [-0.2, 0) is 13.2 Å². The van der Waals surface area contributed by atoms with E-state index < -0.39 is 5.97 Å². The van der Waals surface area contributed by atoms with Gasteiger partial charge in [-0.25, -0.2) is 4.79 Å². The molecule has 0 radical (unpaired) electrons. The smallest absolute Gasteiger partial charge is 0.335 e. The molecule has 1 heterocycles. The molecule has 0 fully saturated rings. The van der Waals surface area contributed by atoms with Crippen molar-refractivity contribution >= 4 is 18.2 Å². The van der Waals surface area contributed by atoms with Crippen molar-refractivity contribution in [1.82, 2.24) is 9.55 Å². The number of carboxylic acids is 1. The van der Waals surface area contributed by atoms with Crippen molar-refractivity contribution in [2.75, 3.05) is 0 Å². The van der Waals surface area contributed by atoms with Gasteiger partial charge in [-0.3, -0.25) is 0 Å². The fourth-order valence-electron chi connectivity index (χ4n) is 1.67. The molecule has 94 valence electrons. The predicted molar refractivity (Wildman–Crippen MR) is 68.0 cm³/mol. The SMILES string of the molecule is O=C(O)c1ccc(Cn2c(CO)c[nH]c2=S)cc1. The second kappa shape index (κ2) is 5.16. The maximum Gasteiger partial charge on any atom is 0.335 e. The van der Waals surface area contributed by atoms with E-state index in [2.05, 4.69) is 4.98 Å². The van der Waals surface area contributed by atoms with Gasteiger partial charge in [-0.1, -0.05) is 12.1 Å². The van der Waals surface area contributed by atoms with Crippen LogP contribution in [0.3, 0.4) is 0 Å². The van der Waals surface area contributed by atoms with E-state index in [1.165, 1.54) is 0 Å². The lowest BCUT2D eigenvalue weighted by Crippen LogP contribution is -2.05. The first kappa shape index (κ1) is 12.5. The Hall–Kier alpha value is -1.92. The third-order valence-electron chi connectivity index (χ3n) is 2.66. The highest BCUT2D eigenvalue weighted by atomic mass is 32.1. The molecule has 0 bridgehead atoms. The highest BCUT2D eigenvalue weighted by Crippen LogP contribution is 2.09. The monoisotopic (exact) mass is 264 g/mol. The van der Waals surface area contributed by atoms with Crippen molar-refractivity contribution in [3.05, 3.63) is 52.1 Å². The minimum absolute atomic E-state index is 0.0969. The zero-order valence-electron chi connectivity index (χ0n) is 9.46. The molecular formula is C12H12N2O3S. The number of H-pyrrole nitrogens is 1. The van der Waals surface area contributed by atoms with E-state index in [0.717, 1.165) is 5.56 Å². The Morgan fingerprint density at radius 1 is 1.33 bits per heavy atom. The van der Waals surface area contributed by atoms with Gasteiger partial charge in [-0.15, -0.1) is 0 Å². The second-order valence-corrected chi connectivity index (χ2v) is 4.22. The van der Waals surface area contributed by atoms with Gasteiger partial charge in [0.25, 0.3) is 0 Å². The van der Waals surface area contributed by atoms with Crippen LogP contribution in [-0.4, -0.2) is 25.7 Å². The van der Waals surface area contributed by atoms with Crippen LogP contribution in [0.15, 0.2) is 30.5 Å². The van der Waals surface area contributed by atoms with Crippen LogP contribution in [0.1, 0.15) is 21.6 Å². The summed E-state index contributed by atoms with van der Waals surface area (Å²) in [6.45, 7) is 0.401. The van der Waals surface area contributed by atoms with Crippen LogP contribution in [0.2, 0.25) is 0 Å². The van der Waals surface area contributed by atoms with E-state index in [1.54, 1.807) is 35.0 Å². The van der Waals surface area contributed by atoms with Crippen molar-refractivity contribution < 1.29 is 15.0 Å². The summed E-state index contributed by atoms with van der Waals surface area (Å²) in [5.74, 6) is -0.948. The summed E-state index contributed by atoms with van der Waals surface area (Å²) in [6.07, 6.45) is 1.66. The van der Waals surface area contributed by atoms with Gasteiger partial charge in [0.05, 0.1) is 24.4 Å². The first-order valence-electron chi connectivity index (χ1n) is 5.32. The number of aliphatic hydroxyl groups is 1. The first-order chi connectivity index (χ1) is 8.61. The highest BCUT2D eigenvalue weighted by molar-refractivity contribution is 7.71. The molecule has 0 aliphatic carbocycles. The number of carboxylic acid groups (broad SMARTS) is 1. The normalized spacial score (nSPS) is 10.5. The molecule has 1 aromatic carbocycles. The Kier molecular flexibility index (Phi) is 3.59. The number of aromatic nitrogens is 2. The van der Waals surface area contributed by atoms with Gasteiger partial charge in [0, 0.05) is 6.20 Å². The summed E-state index contributed by atoms with van der Waals surface area (Å²) in [4.78, 5) is 13.6. The first-order valence-corrected chi connectivity index (χ1v) is 5.73. The average molecular weight is 264 g/mol. The third-order valence-corrected chi connectivity index (χ3v) is 3.00. The largest absolute Gasteiger partial charge is 0.478 e. The number of hydrogen-bond acceptors (Lipinski definition) is 3. The number of aromatic carboxylic acids is 1. The van der Waals surface area contributed by atoms with Crippen LogP contribution in [0, 0.1) is 4.77 Å². The Morgan fingerprint density at radius 3 is 2.56 bits per heavy atom. The summed E-state index contributed by atoms with van der Waals surface area (Å²) in [7, 11) is 0. The Labute approximate surface area is 108 Å². The van der Waals surface area contributed by atoms with Gasteiger partial charge in [-0.2, -0.15) is 0 Å². The van der Waals surface area contributed by atoms with Crippen molar-refractivity contribution in [3.63, 3.8) is 0 Å². The lowest BCUT2D eigenvalue weighted by atomic mass is 10.1. The molecule has 0 atom stereocenters. The average Bonchev–Trinajstić information content (AvgIpc) is 2.71. The minimum atomic E-state index is -0.948. The van der Waals surface area contributed by atoms with E-state index in [9.17, 15) is 4.79 Å². The van der Waals surface area contributed by atoms with Gasteiger partial charge in [0.1, 0.15) is 0 Å². The lowest BCUT2D eigenvalue weighted by molar-refractivity contribution is 0.0697. The van der Waals surface area contributed by atoms with E-state index in [4.69, 9.17) is 22.4 Å². The zero-order valence-corrected chi connectivity index (χ0v) is 10.3. The molecule has 5 nitrogen and oxygen atoms in total. The van der Waals surface area contributed by atoms with E-state index in [-0.39, 0.29) is 12.2 Å². The molecule has 0 saturated carbocycles. The maximum atomic E-state index is 10.7. The Morgan fingerprint density at radius 2 is 2.00 bits per heavy atom. The quantitative estimate of drug-likeness (QED) is 0.736. The fraction of sp³-hybridized carbons (Fsp3) is 0.167. The van der Waals surface area contributed by atoms with Crippen molar-refractivity contribution in [2.45, 2.75) is 13.2 Å². The lowest BCUT2D eigenvalue weighted by Gasteiger charge is -2.07. The number of aromatic amines is 1. The number of aliphatic hydroxyl groups excluding tert-OH is 1. The molecule has 0 aliphatic heterocycles. The molecule has 0 aliphatic rings. The Bertz CT molecular complexity index is 613. The Balaban J connectivity index is 2.26. The molecule has 0 amide bonds. The molecule has 6 heteroatoms. The van der Waals surface area contributed by atoms with Gasteiger partial charge >= 0.3 is 5.97 Å². The van der Waals surface area contributed by atoms with E-state index in [0.29, 0.717) is 17.0 Å². The summed E-state index contributed by atoms with van der Waals surface area (Å²) in [5, 5.41) is 18.0. The minimum Gasteiger partial charge on any atom is -0.478 e. The molecule has 0 spiro atoms. The van der Waals surface area contributed by atoms with Crippen LogP contribution < -0.4 is 0 Å². The van der Waals surface area contributed by atoms with Crippen LogP contribution in [0.25, 0.3) is 0 Å². The van der Waals surface area contributed by atoms with Gasteiger partial charge < -0.3 is 19.8 Å². The predicted octanol–water partition coefficient (Wildman–Crippen LogP) is 1.78. The molecule has 0 unspecified atom stereocenters. The number of hydrogen-bond donors (Lipinski definition) is 3. The van der Waals surface area contributed by atoms with Crippen molar-refractivity contribution in [1.29, 1.82) is 0 Å². The van der Waals surface area contributed by atoms with E-state index >= 15 is 0 Å². The maximum absolute atomic E-state index is 10.7. The number of nitrogens with one attached hydrogen (secondary N) is 1. The summed E-state index contributed by atoms with van der Waals surface area (Å²) in [6, 6.07) is 6.57. The van der Waals surface area contributed by atoms with Gasteiger partial charge in [0.15, 0.2) is 4.77 Å². The third kappa shape index (κ3) is 2.49. The number of rotatable bonds is 4. The second-order valence-electron chi connectivity index (χ2n) is 3.83. The highest BCUT2D eigenvalue weighted by Gasteiger charge is 2.05. The van der Waals surface area contributed by atoms with Gasteiger partial charge in [-0.05, 0) is 29.9 Å². The summed E-state index contributed by atoms with van der Waals surface area (Å²) in [5.41, 5.74) is 1.87. The summed E-state index contributed by atoms with van der Waals surface area (Å²) < 4.78 is 2.30. The van der Waals surface area contributed by atoms with Gasteiger partial charge in [0.2, 0.25) is 0 Å². The standard InChI is InChI=1S/C12H12N2O3S/c15-7-10-5-13-12(18)14(10)6-8-1-3-9(4-2-8)11(16)17/h1-5,15H,6-7H2,(H,13,18)(H,16,17). The molecule has 1 aromatic heterocycles.